The molecule has 1 unspecified atom stereocenters. The van der Waals surface area contributed by atoms with Crippen LogP contribution in [0.4, 0.5) is 0 Å². The molecule has 0 spiro atoms. The summed E-state index contributed by atoms with van der Waals surface area (Å²) >= 11 is 3.23. The molecule has 4 aromatic rings. The number of thiophene rings is 1. The largest absolute Gasteiger partial charge is 0.469 e. The lowest BCUT2D eigenvalue weighted by Gasteiger charge is -2.35. The number of benzene rings is 1. The molecule has 0 bridgehead atoms. The first-order valence-corrected chi connectivity index (χ1v) is 12.6. The van der Waals surface area contributed by atoms with E-state index in [0.717, 1.165) is 36.4 Å². The lowest BCUT2D eigenvalue weighted by Crippen LogP contribution is -2.40. The predicted octanol–water partition coefficient (Wildman–Crippen LogP) is 5.53. The summed E-state index contributed by atoms with van der Waals surface area (Å²) in [7, 11) is 0. The number of amides is 1. The summed E-state index contributed by atoms with van der Waals surface area (Å²) in [5.74, 6) is 1.96. The zero-order chi connectivity index (χ0) is 22.1. The number of aromatic nitrogens is 3. The normalized spacial score (nSPS) is 15.7. The van der Waals surface area contributed by atoms with Crippen LogP contribution in [0, 0.1) is 6.92 Å². The van der Waals surface area contributed by atoms with Gasteiger partial charge in [0, 0.05) is 17.1 Å². The first-order chi connectivity index (χ1) is 15.7. The predicted molar refractivity (Wildman–Crippen MR) is 127 cm³/mol. The lowest BCUT2D eigenvalue weighted by atomic mass is 9.98. The molecular formula is C24H24N4O2S2. The van der Waals surface area contributed by atoms with Gasteiger partial charge in [0.05, 0.1) is 23.6 Å². The van der Waals surface area contributed by atoms with Gasteiger partial charge in [-0.25, -0.2) is 0 Å². The van der Waals surface area contributed by atoms with Gasteiger partial charge < -0.3 is 9.32 Å². The molecule has 0 saturated heterocycles. The SMILES string of the molecule is CCC1c2ccsc2CCN1C(=O)CSc1nnc(-c2ccoc2C)n1-c1ccccc1. The van der Waals surface area contributed by atoms with E-state index < -0.39 is 0 Å². The third kappa shape index (κ3) is 3.78. The maximum Gasteiger partial charge on any atom is 0.233 e. The molecule has 1 aliphatic heterocycles. The molecule has 0 saturated carbocycles. The molecule has 4 heterocycles. The summed E-state index contributed by atoms with van der Waals surface area (Å²) < 4.78 is 7.50. The summed E-state index contributed by atoms with van der Waals surface area (Å²) in [6.45, 7) is 4.84. The quantitative estimate of drug-likeness (QED) is 0.351. The Hall–Kier alpha value is -2.84. The number of para-hydroxylation sites is 1. The van der Waals surface area contributed by atoms with Crippen LogP contribution in [-0.2, 0) is 11.2 Å². The lowest BCUT2D eigenvalue weighted by molar-refractivity contribution is -0.131. The minimum Gasteiger partial charge on any atom is -0.469 e. The molecule has 0 aliphatic carbocycles. The number of aryl methyl sites for hydroxylation is 1. The number of hydrogen-bond acceptors (Lipinski definition) is 6. The van der Waals surface area contributed by atoms with Crippen molar-refractivity contribution in [3.63, 3.8) is 0 Å². The standard InChI is InChI=1S/C24H24N4O2S2/c1-3-20-19-11-14-31-21(19)9-12-27(20)22(29)15-32-24-26-25-23(18-10-13-30-16(18)2)28(24)17-7-5-4-6-8-17/h4-8,10-11,13-14,20H,3,9,12,15H2,1-2H3. The minimum absolute atomic E-state index is 0.141. The second-order valence-electron chi connectivity index (χ2n) is 7.72. The van der Waals surface area contributed by atoms with Crippen molar-refractivity contribution < 1.29 is 9.21 Å². The number of thioether (sulfide) groups is 1. The number of carbonyl (C=O) groups is 1. The van der Waals surface area contributed by atoms with Crippen LogP contribution in [0.3, 0.4) is 0 Å². The van der Waals surface area contributed by atoms with E-state index in [0.29, 0.717) is 16.7 Å². The molecule has 1 atom stereocenters. The average Bonchev–Trinajstić information content (AvgIpc) is 3.56. The number of hydrogen-bond donors (Lipinski definition) is 0. The van der Waals surface area contributed by atoms with E-state index in [9.17, 15) is 4.79 Å². The van der Waals surface area contributed by atoms with E-state index in [1.807, 2.05) is 52.8 Å². The van der Waals surface area contributed by atoms with E-state index in [4.69, 9.17) is 4.42 Å². The number of carbonyl (C=O) groups excluding carboxylic acids is 1. The van der Waals surface area contributed by atoms with Crippen LogP contribution >= 0.6 is 23.1 Å². The van der Waals surface area contributed by atoms with Crippen molar-refractivity contribution in [3.05, 3.63) is 70.3 Å². The Morgan fingerprint density at radius 1 is 1.22 bits per heavy atom. The first kappa shape index (κ1) is 21.0. The van der Waals surface area contributed by atoms with E-state index in [-0.39, 0.29) is 11.9 Å². The summed E-state index contributed by atoms with van der Waals surface area (Å²) in [6, 6.07) is 14.2. The van der Waals surface area contributed by atoms with Gasteiger partial charge in [0.1, 0.15) is 5.76 Å². The van der Waals surface area contributed by atoms with Crippen molar-refractivity contribution in [3.8, 4) is 17.1 Å². The molecule has 5 rings (SSSR count). The third-order valence-electron chi connectivity index (χ3n) is 5.87. The summed E-state index contributed by atoms with van der Waals surface area (Å²) in [5.41, 5.74) is 3.16. The second kappa shape index (κ2) is 8.96. The van der Waals surface area contributed by atoms with Gasteiger partial charge in [0.2, 0.25) is 5.91 Å². The van der Waals surface area contributed by atoms with E-state index >= 15 is 0 Å². The highest BCUT2D eigenvalue weighted by Gasteiger charge is 2.30. The minimum atomic E-state index is 0.141. The van der Waals surface area contributed by atoms with Crippen LogP contribution in [0.15, 0.2) is 63.7 Å². The zero-order valence-corrected chi connectivity index (χ0v) is 19.7. The molecule has 3 aromatic heterocycles. The van der Waals surface area contributed by atoms with Crippen LogP contribution in [0.1, 0.15) is 35.6 Å². The highest BCUT2D eigenvalue weighted by atomic mass is 32.2. The molecule has 0 fully saturated rings. The third-order valence-corrected chi connectivity index (χ3v) is 7.78. The maximum absolute atomic E-state index is 13.2. The van der Waals surface area contributed by atoms with Gasteiger partial charge in [0.25, 0.3) is 0 Å². The molecule has 164 valence electrons. The molecular weight excluding hydrogens is 440 g/mol. The maximum atomic E-state index is 13.2. The van der Waals surface area contributed by atoms with E-state index in [2.05, 4.69) is 28.6 Å². The van der Waals surface area contributed by atoms with Crippen molar-refractivity contribution in [1.29, 1.82) is 0 Å². The van der Waals surface area contributed by atoms with Gasteiger partial charge in [-0.15, -0.1) is 21.5 Å². The van der Waals surface area contributed by atoms with E-state index in [1.54, 1.807) is 17.6 Å². The smallest absolute Gasteiger partial charge is 0.233 e. The molecule has 32 heavy (non-hydrogen) atoms. The zero-order valence-electron chi connectivity index (χ0n) is 18.0. The Balaban J connectivity index is 1.41. The van der Waals surface area contributed by atoms with Crippen molar-refractivity contribution in [1.82, 2.24) is 19.7 Å². The van der Waals surface area contributed by atoms with Gasteiger partial charge in [0.15, 0.2) is 11.0 Å². The fourth-order valence-corrected chi connectivity index (χ4v) is 6.08. The molecule has 0 N–H and O–H groups in total. The number of rotatable bonds is 6. The van der Waals surface area contributed by atoms with Crippen LogP contribution in [-0.4, -0.2) is 37.9 Å². The monoisotopic (exact) mass is 464 g/mol. The van der Waals surface area contributed by atoms with Crippen LogP contribution < -0.4 is 0 Å². The van der Waals surface area contributed by atoms with E-state index in [1.165, 1.54) is 22.2 Å². The van der Waals surface area contributed by atoms with Gasteiger partial charge in [-0.3, -0.25) is 9.36 Å². The number of furan rings is 1. The highest BCUT2D eigenvalue weighted by Crippen LogP contribution is 2.36. The summed E-state index contributed by atoms with van der Waals surface area (Å²) in [5, 5.41) is 11.7. The van der Waals surface area contributed by atoms with Gasteiger partial charge in [-0.1, -0.05) is 36.9 Å². The van der Waals surface area contributed by atoms with Gasteiger partial charge in [-0.2, -0.15) is 0 Å². The molecule has 6 nitrogen and oxygen atoms in total. The Morgan fingerprint density at radius 3 is 2.81 bits per heavy atom. The number of nitrogens with zero attached hydrogens (tertiary/aromatic N) is 4. The topological polar surface area (TPSA) is 64.2 Å². The second-order valence-corrected chi connectivity index (χ2v) is 9.66. The molecule has 1 aromatic carbocycles. The van der Waals surface area contributed by atoms with Crippen LogP contribution in [0.5, 0.6) is 0 Å². The summed E-state index contributed by atoms with van der Waals surface area (Å²) in [4.78, 5) is 16.7. The Bertz CT molecular complexity index is 1230. The number of fused-ring (bicyclic) bond motifs is 1. The Labute approximate surface area is 195 Å². The molecule has 0 radical (unpaired) electrons. The van der Waals surface area contributed by atoms with Crippen molar-refractivity contribution in [2.24, 2.45) is 0 Å². The van der Waals surface area contributed by atoms with Crippen molar-refractivity contribution in [2.45, 2.75) is 37.9 Å². The molecule has 1 amide bonds. The average molecular weight is 465 g/mol. The van der Waals surface area contributed by atoms with Crippen molar-refractivity contribution in [2.75, 3.05) is 12.3 Å². The molecule has 8 heteroatoms. The first-order valence-electron chi connectivity index (χ1n) is 10.7. The fraction of sp³-hybridized carbons (Fsp3) is 0.292. The van der Waals surface area contributed by atoms with Crippen molar-refractivity contribution >= 4 is 29.0 Å². The molecule has 1 aliphatic rings. The van der Waals surface area contributed by atoms with Gasteiger partial charge >= 0.3 is 0 Å². The Morgan fingerprint density at radius 2 is 2.06 bits per heavy atom. The highest BCUT2D eigenvalue weighted by molar-refractivity contribution is 7.99. The van der Waals surface area contributed by atoms with Gasteiger partial charge in [-0.05, 0) is 55.0 Å². The van der Waals surface area contributed by atoms with Crippen LogP contribution in [0.2, 0.25) is 0 Å². The summed E-state index contributed by atoms with van der Waals surface area (Å²) in [6.07, 6.45) is 3.51. The van der Waals surface area contributed by atoms with Crippen LogP contribution in [0.25, 0.3) is 17.1 Å². The fourth-order valence-electron chi connectivity index (χ4n) is 4.31. The Kier molecular flexibility index (Phi) is 5.89.